The van der Waals surface area contributed by atoms with Gasteiger partial charge in [-0.3, -0.25) is 4.90 Å². The summed E-state index contributed by atoms with van der Waals surface area (Å²) in [4.78, 5) is 23.6. The molecule has 216 valence electrons. The summed E-state index contributed by atoms with van der Waals surface area (Å²) in [5, 5.41) is 9.51. The van der Waals surface area contributed by atoms with Crippen molar-refractivity contribution < 1.29 is 28.8 Å². The number of carboxylic acid groups (broad SMARTS) is 1. The first-order valence-electron chi connectivity index (χ1n) is 14.3. The van der Waals surface area contributed by atoms with Crippen molar-refractivity contribution in [2.24, 2.45) is 0 Å². The van der Waals surface area contributed by atoms with Gasteiger partial charge in [0.2, 0.25) is 5.88 Å². The average Bonchev–Trinajstić information content (AvgIpc) is 3.34. The SMILES string of the molecule is O=C(O)c1ccc2nc(CN3CC=C(c4cccc(OCc5ccc6c(c5)OCCO6)n4)CC3)n(C[C@@H]3CCO3)c2c1. The highest BCUT2D eigenvalue weighted by Crippen LogP contribution is 2.31. The number of pyridine rings is 1. The van der Waals surface area contributed by atoms with Gasteiger partial charge in [-0.2, -0.15) is 0 Å². The molecule has 0 spiro atoms. The van der Waals surface area contributed by atoms with E-state index in [1.165, 1.54) is 5.57 Å². The van der Waals surface area contributed by atoms with Gasteiger partial charge in [0.15, 0.2) is 11.5 Å². The lowest BCUT2D eigenvalue weighted by atomic mass is 10.0. The summed E-state index contributed by atoms with van der Waals surface area (Å²) in [5.74, 6) is 2.08. The van der Waals surface area contributed by atoms with Crippen LogP contribution in [0.25, 0.3) is 16.6 Å². The maximum absolute atomic E-state index is 11.6. The molecule has 2 aromatic carbocycles. The van der Waals surface area contributed by atoms with Crippen molar-refractivity contribution in [1.82, 2.24) is 19.4 Å². The van der Waals surface area contributed by atoms with Crippen molar-refractivity contribution in [1.29, 1.82) is 0 Å². The molecule has 5 heterocycles. The van der Waals surface area contributed by atoms with E-state index in [9.17, 15) is 9.90 Å². The van der Waals surface area contributed by atoms with Crippen molar-refractivity contribution >= 4 is 22.6 Å². The molecule has 1 saturated heterocycles. The third-order valence-electron chi connectivity index (χ3n) is 7.96. The second-order valence-electron chi connectivity index (χ2n) is 10.8. The molecule has 1 fully saturated rings. The van der Waals surface area contributed by atoms with Crippen LogP contribution in [0.3, 0.4) is 0 Å². The molecule has 0 aliphatic carbocycles. The van der Waals surface area contributed by atoms with Gasteiger partial charge in [-0.15, -0.1) is 0 Å². The lowest BCUT2D eigenvalue weighted by molar-refractivity contribution is -0.0591. The first kappa shape index (κ1) is 26.5. The van der Waals surface area contributed by atoms with Gasteiger partial charge in [0.1, 0.15) is 25.6 Å². The largest absolute Gasteiger partial charge is 0.486 e. The van der Waals surface area contributed by atoms with Crippen LogP contribution in [-0.2, 0) is 24.4 Å². The third-order valence-corrected chi connectivity index (χ3v) is 7.96. The number of nitrogens with zero attached hydrogens (tertiary/aromatic N) is 4. The molecule has 0 bridgehead atoms. The van der Waals surface area contributed by atoms with Gasteiger partial charge in [-0.05, 0) is 60.4 Å². The summed E-state index contributed by atoms with van der Waals surface area (Å²) in [6.07, 6.45) is 4.21. The van der Waals surface area contributed by atoms with Crippen LogP contribution in [0.5, 0.6) is 17.4 Å². The Kier molecular flexibility index (Phi) is 7.23. The number of carbonyl (C=O) groups is 1. The van der Waals surface area contributed by atoms with Crippen molar-refractivity contribution in [3.05, 3.63) is 83.3 Å². The number of aromatic nitrogens is 3. The predicted octanol–water partition coefficient (Wildman–Crippen LogP) is 4.56. The van der Waals surface area contributed by atoms with Gasteiger partial charge >= 0.3 is 5.97 Å². The zero-order chi connectivity index (χ0) is 28.5. The highest BCUT2D eigenvalue weighted by molar-refractivity contribution is 5.92. The molecule has 4 aromatic rings. The molecule has 0 unspecified atom stereocenters. The van der Waals surface area contributed by atoms with Crippen molar-refractivity contribution in [2.45, 2.75) is 38.6 Å². The first-order chi connectivity index (χ1) is 20.6. The monoisotopic (exact) mass is 568 g/mol. The highest BCUT2D eigenvalue weighted by Gasteiger charge is 2.24. The minimum Gasteiger partial charge on any atom is -0.486 e. The van der Waals surface area contributed by atoms with E-state index in [2.05, 4.69) is 15.5 Å². The standard InChI is InChI=1S/C32H32N4O6/c37-32(38)23-5-6-26-27(17-23)36(18-24-10-13-39-24)30(33-26)19-35-11-8-22(9-12-35)25-2-1-3-31(34-25)42-20-21-4-7-28-29(16-21)41-15-14-40-28/h1-8,16-17,24H,9-15,18-20H2,(H,37,38)/t24-/m0/s1. The summed E-state index contributed by atoms with van der Waals surface area (Å²) >= 11 is 0. The quantitative estimate of drug-likeness (QED) is 0.311. The molecule has 7 rings (SSSR count). The number of rotatable bonds is 9. The maximum Gasteiger partial charge on any atom is 0.335 e. The van der Waals surface area contributed by atoms with E-state index in [1.54, 1.807) is 18.2 Å². The fraction of sp³-hybridized carbons (Fsp3) is 0.344. The van der Waals surface area contributed by atoms with Gasteiger partial charge in [0.05, 0.1) is 41.5 Å². The molecule has 10 nitrogen and oxygen atoms in total. The molecule has 1 N–H and O–H groups in total. The van der Waals surface area contributed by atoms with Gasteiger partial charge in [0.25, 0.3) is 0 Å². The lowest BCUT2D eigenvalue weighted by Gasteiger charge is -2.29. The fourth-order valence-corrected chi connectivity index (χ4v) is 5.56. The number of fused-ring (bicyclic) bond motifs is 2. The third kappa shape index (κ3) is 5.55. The Hall–Kier alpha value is -4.41. The van der Waals surface area contributed by atoms with Gasteiger partial charge in [-0.25, -0.2) is 14.8 Å². The van der Waals surface area contributed by atoms with Crippen LogP contribution in [0.4, 0.5) is 0 Å². The summed E-state index contributed by atoms with van der Waals surface area (Å²) in [6, 6.07) is 16.9. The van der Waals surface area contributed by atoms with E-state index >= 15 is 0 Å². The molecule has 3 aliphatic heterocycles. The number of benzene rings is 2. The Morgan fingerprint density at radius 3 is 2.69 bits per heavy atom. The van der Waals surface area contributed by atoms with Crippen molar-refractivity contribution in [3.63, 3.8) is 0 Å². The Labute approximate surface area is 243 Å². The molecule has 1 atom stereocenters. The van der Waals surface area contributed by atoms with Crippen LogP contribution in [0, 0.1) is 0 Å². The van der Waals surface area contributed by atoms with Crippen LogP contribution in [-0.4, -0.2) is 69.5 Å². The fourth-order valence-electron chi connectivity index (χ4n) is 5.56. The lowest BCUT2D eigenvalue weighted by Crippen LogP contribution is -2.33. The van der Waals surface area contributed by atoms with E-state index in [-0.39, 0.29) is 11.7 Å². The average molecular weight is 569 g/mol. The molecular formula is C32H32N4O6. The summed E-state index contributed by atoms with van der Waals surface area (Å²) in [5.41, 5.74) is 5.02. The molecule has 0 radical (unpaired) electrons. The second-order valence-corrected chi connectivity index (χ2v) is 10.8. The van der Waals surface area contributed by atoms with E-state index in [1.807, 2.05) is 36.4 Å². The number of hydrogen-bond acceptors (Lipinski definition) is 8. The van der Waals surface area contributed by atoms with Crippen LogP contribution in [0.15, 0.2) is 60.7 Å². The van der Waals surface area contributed by atoms with Gasteiger partial charge in [-0.1, -0.05) is 18.2 Å². The van der Waals surface area contributed by atoms with Crippen LogP contribution < -0.4 is 14.2 Å². The Balaban J connectivity index is 1.02. The van der Waals surface area contributed by atoms with Crippen LogP contribution >= 0.6 is 0 Å². The summed E-state index contributed by atoms with van der Waals surface area (Å²) < 4.78 is 25.1. The number of ether oxygens (including phenoxy) is 4. The summed E-state index contributed by atoms with van der Waals surface area (Å²) in [7, 11) is 0. The molecular weight excluding hydrogens is 536 g/mol. The van der Waals surface area contributed by atoms with Crippen molar-refractivity contribution in [2.75, 3.05) is 32.9 Å². The molecule has 2 aromatic heterocycles. The van der Waals surface area contributed by atoms with Crippen LogP contribution in [0.2, 0.25) is 0 Å². The summed E-state index contributed by atoms with van der Waals surface area (Å²) in [6.45, 7) is 5.25. The van der Waals surface area contributed by atoms with Gasteiger partial charge in [0, 0.05) is 25.8 Å². The van der Waals surface area contributed by atoms with E-state index in [0.717, 1.165) is 72.2 Å². The Bertz CT molecular complexity index is 1660. The predicted molar refractivity (Wildman–Crippen MR) is 155 cm³/mol. The Morgan fingerprint density at radius 2 is 1.90 bits per heavy atom. The smallest absolute Gasteiger partial charge is 0.335 e. The molecule has 42 heavy (non-hydrogen) atoms. The maximum atomic E-state index is 11.6. The minimum atomic E-state index is -0.939. The number of hydrogen-bond donors (Lipinski definition) is 1. The highest BCUT2D eigenvalue weighted by atomic mass is 16.6. The van der Waals surface area contributed by atoms with E-state index < -0.39 is 5.97 Å². The number of imidazole rings is 1. The first-order valence-corrected chi connectivity index (χ1v) is 14.3. The van der Waals surface area contributed by atoms with Crippen molar-refractivity contribution in [3.8, 4) is 17.4 Å². The van der Waals surface area contributed by atoms with Crippen LogP contribution in [0.1, 0.15) is 40.3 Å². The Morgan fingerprint density at radius 1 is 1.02 bits per heavy atom. The zero-order valence-electron chi connectivity index (χ0n) is 23.2. The number of aromatic carboxylic acids is 1. The zero-order valence-corrected chi connectivity index (χ0v) is 23.2. The molecule has 10 heteroatoms. The molecule has 3 aliphatic rings. The van der Waals surface area contributed by atoms with E-state index in [0.29, 0.717) is 38.8 Å². The minimum absolute atomic E-state index is 0.137. The normalized spacial score (nSPS) is 18.4. The molecule has 0 saturated carbocycles. The van der Waals surface area contributed by atoms with Gasteiger partial charge < -0.3 is 28.6 Å². The number of carboxylic acids is 1. The second kappa shape index (κ2) is 11.5. The van der Waals surface area contributed by atoms with E-state index in [4.69, 9.17) is 28.9 Å². The molecule has 0 amide bonds. The topological polar surface area (TPSA) is 108 Å².